The summed E-state index contributed by atoms with van der Waals surface area (Å²) in [4.78, 5) is 2.63. The molecule has 1 aliphatic heterocycles. The molecule has 0 amide bonds. The highest BCUT2D eigenvalue weighted by atomic mass is 16.3. The summed E-state index contributed by atoms with van der Waals surface area (Å²) in [5.74, 6) is 2.12. The maximum absolute atomic E-state index is 10.0. The van der Waals surface area contributed by atoms with Crippen molar-refractivity contribution in [2.24, 2.45) is 17.8 Å². The number of likely N-dealkylation sites (tertiary alicyclic amines) is 1. The molecule has 2 N–H and O–H groups in total. The second-order valence-corrected chi connectivity index (χ2v) is 7.94. The van der Waals surface area contributed by atoms with Crippen molar-refractivity contribution in [3.8, 4) is 0 Å². The third-order valence-corrected chi connectivity index (χ3v) is 5.39. The van der Waals surface area contributed by atoms with Crippen molar-refractivity contribution in [3.63, 3.8) is 0 Å². The molecule has 3 atom stereocenters. The summed E-state index contributed by atoms with van der Waals surface area (Å²) in [6, 6.07) is 0.568. The Bertz CT molecular complexity index is 285. The first kappa shape index (κ1) is 17.2. The third kappa shape index (κ3) is 5.88. The average molecular weight is 296 g/mol. The smallest absolute Gasteiger partial charge is 0.0553 e. The van der Waals surface area contributed by atoms with Gasteiger partial charge >= 0.3 is 0 Å². The minimum Gasteiger partial charge on any atom is -0.393 e. The first-order valence-electron chi connectivity index (χ1n) is 9.18. The molecule has 2 rings (SSSR count). The minimum atomic E-state index is -0.175. The summed E-state index contributed by atoms with van der Waals surface area (Å²) in [7, 11) is 0. The van der Waals surface area contributed by atoms with Crippen LogP contribution in [-0.4, -0.2) is 48.3 Å². The van der Waals surface area contributed by atoms with Gasteiger partial charge in [-0.05, 0) is 56.9 Å². The van der Waals surface area contributed by atoms with Gasteiger partial charge in [-0.2, -0.15) is 0 Å². The largest absolute Gasteiger partial charge is 0.393 e. The molecule has 2 aliphatic rings. The van der Waals surface area contributed by atoms with E-state index < -0.39 is 0 Å². The van der Waals surface area contributed by atoms with Gasteiger partial charge in [-0.3, -0.25) is 0 Å². The van der Waals surface area contributed by atoms with Crippen LogP contribution in [-0.2, 0) is 0 Å². The van der Waals surface area contributed by atoms with Crippen LogP contribution in [0.1, 0.15) is 59.3 Å². The van der Waals surface area contributed by atoms with E-state index in [9.17, 15) is 5.11 Å². The van der Waals surface area contributed by atoms with Crippen LogP contribution in [0, 0.1) is 17.8 Å². The lowest BCUT2D eigenvalue weighted by molar-refractivity contribution is 0.0418. The first-order valence-corrected chi connectivity index (χ1v) is 9.18. The molecule has 1 heterocycles. The fourth-order valence-corrected chi connectivity index (χ4v) is 4.01. The molecule has 0 radical (unpaired) electrons. The Kier molecular flexibility index (Phi) is 6.97. The van der Waals surface area contributed by atoms with Crippen LogP contribution in [0.3, 0.4) is 0 Å². The van der Waals surface area contributed by atoms with Crippen LogP contribution in [0.4, 0.5) is 0 Å². The van der Waals surface area contributed by atoms with E-state index in [0.29, 0.717) is 12.0 Å². The van der Waals surface area contributed by atoms with Gasteiger partial charge < -0.3 is 15.3 Å². The highest BCUT2D eigenvalue weighted by Gasteiger charge is 2.31. The van der Waals surface area contributed by atoms with E-state index in [-0.39, 0.29) is 6.10 Å². The number of hydrogen-bond acceptors (Lipinski definition) is 3. The fourth-order valence-electron chi connectivity index (χ4n) is 4.01. The van der Waals surface area contributed by atoms with Gasteiger partial charge in [-0.25, -0.2) is 0 Å². The molecule has 1 saturated carbocycles. The molecule has 3 unspecified atom stereocenters. The first-order chi connectivity index (χ1) is 10.0. The number of aliphatic hydroxyl groups excluding tert-OH is 1. The number of hydrogen-bond donors (Lipinski definition) is 2. The number of rotatable bonds is 7. The van der Waals surface area contributed by atoms with Gasteiger partial charge in [0.05, 0.1) is 6.10 Å². The Morgan fingerprint density at radius 3 is 2.48 bits per heavy atom. The number of piperidine rings is 1. The number of nitrogens with zero attached hydrogens (tertiary/aromatic N) is 1. The summed E-state index contributed by atoms with van der Waals surface area (Å²) in [6.45, 7) is 11.2. The molecule has 0 spiro atoms. The predicted molar refractivity (Wildman–Crippen MR) is 89.4 cm³/mol. The fraction of sp³-hybridized carbons (Fsp3) is 1.00. The quantitative estimate of drug-likeness (QED) is 0.758. The van der Waals surface area contributed by atoms with Gasteiger partial charge in [0.25, 0.3) is 0 Å². The van der Waals surface area contributed by atoms with E-state index in [0.717, 1.165) is 31.3 Å². The van der Waals surface area contributed by atoms with E-state index in [2.05, 4.69) is 24.1 Å². The van der Waals surface area contributed by atoms with Gasteiger partial charge in [0.2, 0.25) is 0 Å². The van der Waals surface area contributed by atoms with Crippen molar-refractivity contribution in [1.29, 1.82) is 0 Å². The van der Waals surface area contributed by atoms with Crippen LogP contribution in [0.15, 0.2) is 0 Å². The van der Waals surface area contributed by atoms with Crippen LogP contribution < -0.4 is 5.32 Å². The third-order valence-electron chi connectivity index (χ3n) is 5.39. The highest BCUT2D eigenvalue weighted by molar-refractivity contribution is 4.87. The van der Waals surface area contributed by atoms with Gasteiger partial charge in [0, 0.05) is 25.7 Å². The van der Waals surface area contributed by atoms with Gasteiger partial charge in [0.15, 0.2) is 0 Å². The Morgan fingerprint density at radius 1 is 1.14 bits per heavy atom. The molecule has 0 aromatic rings. The molecule has 1 saturated heterocycles. The van der Waals surface area contributed by atoms with Gasteiger partial charge in [-0.15, -0.1) is 0 Å². The number of nitrogens with one attached hydrogen (secondary N) is 1. The Labute approximate surface area is 131 Å². The second-order valence-electron chi connectivity index (χ2n) is 7.94. The lowest BCUT2D eigenvalue weighted by Crippen LogP contribution is -2.52. The maximum atomic E-state index is 10.0. The van der Waals surface area contributed by atoms with E-state index >= 15 is 0 Å². The van der Waals surface area contributed by atoms with Crippen LogP contribution >= 0.6 is 0 Å². The zero-order chi connectivity index (χ0) is 15.2. The summed E-state index contributed by atoms with van der Waals surface area (Å²) < 4.78 is 0. The minimum absolute atomic E-state index is 0.175. The normalized spacial score (nSPS) is 30.1. The standard InChI is InChI=1S/C18H36N2O/c1-14(2)8-9-19-18-10-17(15(3)21)12-20(13-18)11-16-6-4-5-7-16/h14-19,21H,4-13H2,1-3H3. The van der Waals surface area contributed by atoms with Crippen molar-refractivity contribution in [1.82, 2.24) is 10.2 Å². The Hall–Kier alpha value is -0.120. The molecule has 3 heteroatoms. The predicted octanol–water partition coefficient (Wildman–Crippen LogP) is 2.88. The zero-order valence-electron chi connectivity index (χ0n) is 14.4. The van der Waals surface area contributed by atoms with Crippen molar-refractivity contribution >= 4 is 0 Å². The second kappa shape index (κ2) is 8.50. The zero-order valence-corrected chi connectivity index (χ0v) is 14.4. The molecular formula is C18H36N2O. The summed E-state index contributed by atoms with van der Waals surface area (Å²) in [5, 5.41) is 13.8. The van der Waals surface area contributed by atoms with Crippen molar-refractivity contribution in [2.75, 3.05) is 26.2 Å². The van der Waals surface area contributed by atoms with Crippen molar-refractivity contribution in [2.45, 2.75) is 71.4 Å². The van der Waals surface area contributed by atoms with Crippen molar-refractivity contribution in [3.05, 3.63) is 0 Å². The molecule has 3 nitrogen and oxygen atoms in total. The molecule has 21 heavy (non-hydrogen) atoms. The summed E-state index contributed by atoms with van der Waals surface area (Å²) in [6.07, 6.45) is 7.90. The van der Waals surface area contributed by atoms with Crippen LogP contribution in [0.2, 0.25) is 0 Å². The van der Waals surface area contributed by atoms with Crippen molar-refractivity contribution < 1.29 is 5.11 Å². The molecular weight excluding hydrogens is 260 g/mol. The van der Waals surface area contributed by atoms with Crippen LogP contribution in [0.25, 0.3) is 0 Å². The van der Waals surface area contributed by atoms with E-state index in [4.69, 9.17) is 0 Å². The Balaban J connectivity index is 1.82. The number of aliphatic hydroxyl groups is 1. The molecule has 124 valence electrons. The molecule has 0 aromatic heterocycles. The van der Waals surface area contributed by atoms with E-state index in [1.807, 2.05) is 6.92 Å². The summed E-state index contributed by atoms with van der Waals surface area (Å²) >= 11 is 0. The summed E-state index contributed by atoms with van der Waals surface area (Å²) in [5.41, 5.74) is 0. The topological polar surface area (TPSA) is 35.5 Å². The van der Waals surface area contributed by atoms with E-state index in [1.165, 1.54) is 45.2 Å². The molecule has 0 bridgehead atoms. The van der Waals surface area contributed by atoms with Gasteiger partial charge in [-0.1, -0.05) is 26.7 Å². The van der Waals surface area contributed by atoms with Gasteiger partial charge in [0.1, 0.15) is 0 Å². The monoisotopic (exact) mass is 296 g/mol. The maximum Gasteiger partial charge on any atom is 0.0553 e. The molecule has 0 aromatic carbocycles. The average Bonchev–Trinajstić information content (AvgIpc) is 2.91. The van der Waals surface area contributed by atoms with Crippen LogP contribution in [0.5, 0.6) is 0 Å². The highest BCUT2D eigenvalue weighted by Crippen LogP contribution is 2.28. The molecule has 1 aliphatic carbocycles. The van der Waals surface area contributed by atoms with E-state index in [1.54, 1.807) is 0 Å². The molecule has 2 fully saturated rings. The lowest BCUT2D eigenvalue weighted by atomic mass is 9.89. The SMILES string of the molecule is CC(C)CCNC1CC(C(C)O)CN(CC2CCCC2)C1. The lowest BCUT2D eigenvalue weighted by Gasteiger charge is -2.40. The Morgan fingerprint density at radius 2 is 1.86 bits per heavy atom.